The van der Waals surface area contributed by atoms with Crippen molar-refractivity contribution in [2.45, 2.75) is 33.7 Å². The Morgan fingerprint density at radius 1 is 1.00 bits per heavy atom. The molecule has 2 aromatic heterocycles. The molecule has 0 bridgehead atoms. The van der Waals surface area contributed by atoms with Gasteiger partial charge in [0, 0.05) is 0 Å². The molecule has 6 rings (SSSR count). The van der Waals surface area contributed by atoms with Gasteiger partial charge < -0.3 is 18.6 Å². The highest BCUT2D eigenvalue weighted by Crippen LogP contribution is 2.60. The summed E-state index contributed by atoms with van der Waals surface area (Å²) in [4.78, 5) is 57.4. The molecule has 0 radical (unpaired) electrons. The maximum atomic E-state index is 14.0. The summed E-state index contributed by atoms with van der Waals surface area (Å²) in [6.45, 7) is 7.43. The van der Waals surface area contributed by atoms with Crippen LogP contribution in [-0.4, -0.2) is 29.1 Å². The predicted octanol–water partition coefficient (Wildman–Crippen LogP) is 6.11. The first-order valence-corrected chi connectivity index (χ1v) is 16.9. The first-order chi connectivity index (χ1) is 23.4. The summed E-state index contributed by atoms with van der Waals surface area (Å²) in [6, 6.07) is 15.5. The van der Waals surface area contributed by atoms with Crippen LogP contribution in [0.15, 0.2) is 103 Å². The van der Waals surface area contributed by atoms with E-state index in [1.54, 1.807) is 80.6 Å². The third kappa shape index (κ3) is 6.92. The summed E-state index contributed by atoms with van der Waals surface area (Å²) in [5.74, 6) is -1.45. The van der Waals surface area contributed by atoms with Gasteiger partial charge in [0.1, 0.15) is 16.0 Å². The van der Waals surface area contributed by atoms with Crippen LogP contribution in [0.1, 0.15) is 55.4 Å². The summed E-state index contributed by atoms with van der Waals surface area (Å²) in [5.41, 5.74) is 1.22. The summed E-state index contributed by atoms with van der Waals surface area (Å²) in [5, 5.41) is 0. The van der Waals surface area contributed by atoms with Crippen molar-refractivity contribution in [2.24, 2.45) is 22.2 Å². The molecule has 252 valence electrons. The maximum Gasteiger partial charge on any atom is 0.379 e. The minimum absolute atomic E-state index is 0.0528. The van der Waals surface area contributed by atoms with E-state index in [2.05, 4.69) is 4.99 Å². The predicted molar refractivity (Wildman–Crippen MR) is 183 cm³/mol. The molecule has 0 N–H and O–H groups in total. The number of fused-ring (bicyclic) bond motifs is 1. The fraction of sp³-hybridized carbons (Fsp3) is 0.250. The van der Waals surface area contributed by atoms with Crippen molar-refractivity contribution in [1.82, 2.24) is 4.57 Å². The molecule has 1 aliphatic carbocycles. The van der Waals surface area contributed by atoms with Crippen LogP contribution >= 0.6 is 34.5 Å². The number of ether oxygens (including phenoxy) is 3. The molecule has 3 atom stereocenters. The molecule has 4 aromatic rings. The Balaban J connectivity index is 1.29. The van der Waals surface area contributed by atoms with Crippen molar-refractivity contribution in [3.8, 4) is 11.5 Å². The van der Waals surface area contributed by atoms with Crippen molar-refractivity contribution in [1.29, 1.82) is 0 Å². The molecule has 3 heterocycles. The zero-order chi connectivity index (χ0) is 35.0. The standard InChI is InChI=1S/C36H30Cl2N2O8S/c1-5-45-33(43)28-19(2)39-35-40(30(28)21-10-14-23(15-11-21)47-32(42)25-7-6-16-46-25)31(41)26(49-35)17-20-8-12-22(13-9-20)48-34(44)29-24(18-27(37)38)36(29,3)4/h6-18,24,29-30H,5H2,1-4H3. The molecule has 2 aliphatic rings. The molecular weight excluding hydrogens is 691 g/mol. The zero-order valence-electron chi connectivity index (χ0n) is 26.8. The molecule has 1 saturated carbocycles. The molecule has 2 aromatic carbocycles. The van der Waals surface area contributed by atoms with Gasteiger partial charge >= 0.3 is 17.9 Å². The highest BCUT2D eigenvalue weighted by molar-refractivity contribution is 7.07. The van der Waals surface area contributed by atoms with Gasteiger partial charge in [0.2, 0.25) is 5.76 Å². The van der Waals surface area contributed by atoms with Crippen LogP contribution < -0.4 is 24.4 Å². The molecule has 0 spiro atoms. The van der Waals surface area contributed by atoms with Gasteiger partial charge in [-0.1, -0.05) is 72.7 Å². The van der Waals surface area contributed by atoms with Gasteiger partial charge in [-0.25, -0.2) is 14.6 Å². The van der Waals surface area contributed by atoms with Crippen LogP contribution in [-0.2, 0) is 14.3 Å². The number of rotatable bonds is 9. The van der Waals surface area contributed by atoms with Crippen LogP contribution in [0.25, 0.3) is 6.08 Å². The number of thiazole rings is 1. The average Bonchev–Trinajstić information content (AvgIpc) is 3.41. The van der Waals surface area contributed by atoms with Crippen molar-refractivity contribution >= 4 is 58.5 Å². The normalized spacial score (nSPS) is 19.4. The lowest BCUT2D eigenvalue weighted by Gasteiger charge is -2.24. The molecular formula is C36H30Cl2N2O8S. The van der Waals surface area contributed by atoms with Crippen LogP contribution in [0.5, 0.6) is 11.5 Å². The third-order valence-corrected chi connectivity index (χ3v) is 9.75. The number of aromatic nitrogens is 1. The highest BCUT2D eigenvalue weighted by Gasteiger charge is 2.61. The van der Waals surface area contributed by atoms with Gasteiger partial charge in [-0.3, -0.25) is 14.2 Å². The number of hydrogen-bond acceptors (Lipinski definition) is 10. The second kappa shape index (κ2) is 13.7. The summed E-state index contributed by atoms with van der Waals surface area (Å²) >= 11 is 12.8. The first kappa shape index (κ1) is 34.2. The Kier molecular flexibility index (Phi) is 9.52. The van der Waals surface area contributed by atoms with E-state index >= 15 is 0 Å². The topological polar surface area (TPSA) is 126 Å². The van der Waals surface area contributed by atoms with Crippen molar-refractivity contribution in [3.05, 3.63) is 125 Å². The molecule has 49 heavy (non-hydrogen) atoms. The number of carbonyl (C=O) groups is 3. The molecule has 1 fully saturated rings. The summed E-state index contributed by atoms with van der Waals surface area (Å²) in [7, 11) is 0. The molecule has 0 amide bonds. The summed E-state index contributed by atoms with van der Waals surface area (Å²) < 4.78 is 23.5. The SMILES string of the molecule is CCOC(=O)C1=C(C)N=c2sc(=Cc3ccc(OC(=O)C4C(C=C(Cl)Cl)C4(C)C)cc3)c(=O)n2C1c1ccc(OC(=O)c2ccco2)cc1. The molecule has 3 unspecified atom stereocenters. The van der Waals surface area contributed by atoms with Crippen LogP contribution in [0.3, 0.4) is 0 Å². The van der Waals surface area contributed by atoms with Crippen LogP contribution in [0, 0.1) is 17.3 Å². The van der Waals surface area contributed by atoms with Gasteiger partial charge in [0.25, 0.3) is 5.56 Å². The lowest BCUT2D eigenvalue weighted by Crippen LogP contribution is -2.39. The first-order valence-electron chi connectivity index (χ1n) is 15.3. The fourth-order valence-electron chi connectivity index (χ4n) is 5.91. The van der Waals surface area contributed by atoms with Gasteiger partial charge in [-0.2, -0.15) is 0 Å². The van der Waals surface area contributed by atoms with E-state index in [1.165, 1.54) is 28.2 Å². The summed E-state index contributed by atoms with van der Waals surface area (Å²) in [6.07, 6.45) is 4.74. The van der Waals surface area contributed by atoms with E-state index < -0.39 is 18.0 Å². The number of furan rings is 1. The molecule has 1 aliphatic heterocycles. The Labute approximate surface area is 294 Å². The lowest BCUT2D eigenvalue weighted by molar-refractivity contribution is -0.139. The van der Waals surface area contributed by atoms with Crippen LogP contribution in [0.2, 0.25) is 0 Å². The minimum Gasteiger partial charge on any atom is -0.463 e. The molecule has 0 saturated heterocycles. The van der Waals surface area contributed by atoms with Gasteiger partial charge in [0.05, 0.1) is 40.6 Å². The van der Waals surface area contributed by atoms with E-state index in [1.807, 2.05) is 13.8 Å². The number of halogens is 2. The van der Waals surface area contributed by atoms with Crippen LogP contribution in [0.4, 0.5) is 0 Å². The second-order valence-corrected chi connectivity index (χ2v) is 14.0. The van der Waals surface area contributed by atoms with Crippen molar-refractivity contribution in [2.75, 3.05) is 6.61 Å². The van der Waals surface area contributed by atoms with E-state index in [0.29, 0.717) is 31.9 Å². The Morgan fingerprint density at radius 2 is 1.67 bits per heavy atom. The lowest BCUT2D eigenvalue weighted by atomic mass is 9.96. The van der Waals surface area contributed by atoms with Gasteiger partial charge in [-0.15, -0.1) is 0 Å². The van der Waals surface area contributed by atoms with E-state index in [9.17, 15) is 19.2 Å². The monoisotopic (exact) mass is 720 g/mol. The zero-order valence-corrected chi connectivity index (χ0v) is 29.1. The number of allylic oxidation sites excluding steroid dienone is 2. The number of hydrogen-bond donors (Lipinski definition) is 0. The van der Waals surface area contributed by atoms with E-state index in [4.69, 9.17) is 41.8 Å². The van der Waals surface area contributed by atoms with Crippen molar-refractivity contribution < 1.29 is 33.0 Å². The highest BCUT2D eigenvalue weighted by atomic mass is 35.5. The Hall–Kier alpha value is -4.71. The smallest absolute Gasteiger partial charge is 0.379 e. The van der Waals surface area contributed by atoms with Gasteiger partial charge in [0.15, 0.2) is 4.80 Å². The van der Waals surface area contributed by atoms with E-state index in [0.717, 1.165) is 0 Å². The largest absolute Gasteiger partial charge is 0.463 e. The number of benzene rings is 2. The maximum absolute atomic E-state index is 14.0. The number of carbonyl (C=O) groups excluding carboxylic acids is 3. The minimum atomic E-state index is -0.854. The van der Waals surface area contributed by atoms with E-state index in [-0.39, 0.29) is 57.0 Å². The third-order valence-electron chi connectivity index (χ3n) is 8.51. The van der Waals surface area contributed by atoms with Crippen molar-refractivity contribution in [3.63, 3.8) is 0 Å². The quantitative estimate of drug-likeness (QED) is 0.150. The average molecular weight is 722 g/mol. The Bertz CT molecular complexity index is 2180. The molecule has 10 nitrogen and oxygen atoms in total. The number of nitrogens with zero attached hydrogens (tertiary/aromatic N) is 2. The molecule has 13 heteroatoms. The number of esters is 3. The van der Waals surface area contributed by atoms with Gasteiger partial charge in [-0.05, 0) is 84.9 Å². The second-order valence-electron chi connectivity index (χ2n) is 12.0. The Morgan fingerprint density at radius 3 is 2.31 bits per heavy atom. The fourth-order valence-corrected chi connectivity index (χ4v) is 7.23.